The number of hydrogen-bond donors (Lipinski definition) is 2. The molecule has 6 heteroatoms. The second-order valence-electron chi connectivity index (χ2n) is 3.65. The first kappa shape index (κ1) is 11.8. The van der Waals surface area contributed by atoms with E-state index in [9.17, 15) is 9.90 Å². The highest BCUT2D eigenvalue weighted by atomic mass is 16.6. The van der Waals surface area contributed by atoms with Gasteiger partial charge in [-0.2, -0.15) is 0 Å². The molecule has 0 aromatic carbocycles. The molecule has 1 aromatic heterocycles. The molecule has 1 aromatic rings. The molecule has 0 saturated carbocycles. The predicted molar refractivity (Wildman–Crippen MR) is 58.8 cm³/mol. The molecule has 17 heavy (non-hydrogen) atoms. The van der Waals surface area contributed by atoms with E-state index in [0.29, 0.717) is 26.4 Å². The molecular weight excluding hydrogens is 224 g/mol. The second kappa shape index (κ2) is 5.60. The molecular formula is C11H14N2O4. The molecule has 2 rings (SSSR count). The first-order valence-electron chi connectivity index (χ1n) is 5.39. The Morgan fingerprint density at radius 3 is 3.18 bits per heavy atom. The van der Waals surface area contributed by atoms with E-state index in [-0.39, 0.29) is 17.5 Å². The Bertz CT molecular complexity index is 391. The molecule has 92 valence electrons. The van der Waals surface area contributed by atoms with E-state index in [1.807, 2.05) is 0 Å². The van der Waals surface area contributed by atoms with Crippen molar-refractivity contribution in [3.05, 3.63) is 24.0 Å². The van der Waals surface area contributed by atoms with E-state index < -0.39 is 5.91 Å². The molecule has 1 amide bonds. The number of carbonyl (C=O) groups is 1. The number of carbonyl (C=O) groups excluding carboxylic acids is 1. The van der Waals surface area contributed by atoms with Gasteiger partial charge >= 0.3 is 0 Å². The van der Waals surface area contributed by atoms with Crippen LogP contribution < -0.4 is 5.32 Å². The van der Waals surface area contributed by atoms with Crippen LogP contribution >= 0.6 is 0 Å². The van der Waals surface area contributed by atoms with E-state index in [2.05, 4.69) is 10.3 Å². The maximum atomic E-state index is 11.7. The third-order valence-corrected chi connectivity index (χ3v) is 2.38. The van der Waals surface area contributed by atoms with Crippen molar-refractivity contribution >= 4 is 5.91 Å². The average molecular weight is 238 g/mol. The van der Waals surface area contributed by atoms with Gasteiger partial charge in [-0.1, -0.05) is 0 Å². The summed E-state index contributed by atoms with van der Waals surface area (Å²) >= 11 is 0. The van der Waals surface area contributed by atoms with E-state index in [1.54, 1.807) is 6.07 Å². The van der Waals surface area contributed by atoms with Crippen molar-refractivity contribution in [1.82, 2.24) is 10.3 Å². The highest BCUT2D eigenvalue weighted by molar-refractivity contribution is 5.94. The van der Waals surface area contributed by atoms with Crippen molar-refractivity contribution in [2.75, 3.05) is 26.4 Å². The third-order valence-electron chi connectivity index (χ3n) is 2.38. The van der Waals surface area contributed by atoms with Crippen LogP contribution in [0.2, 0.25) is 0 Å². The normalized spacial score (nSPS) is 19.9. The molecule has 1 fully saturated rings. The molecule has 1 aliphatic heterocycles. The van der Waals surface area contributed by atoms with Crippen LogP contribution in [-0.2, 0) is 9.47 Å². The Hall–Kier alpha value is -1.66. The van der Waals surface area contributed by atoms with Crippen LogP contribution in [0.25, 0.3) is 0 Å². The first-order valence-corrected chi connectivity index (χ1v) is 5.39. The van der Waals surface area contributed by atoms with Gasteiger partial charge in [-0.05, 0) is 12.1 Å². The maximum Gasteiger partial charge on any atom is 0.273 e. The average Bonchev–Trinajstić information content (AvgIpc) is 2.38. The van der Waals surface area contributed by atoms with E-state index in [1.165, 1.54) is 12.3 Å². The molecule has 0 radical (unpaired) electrons. The quantitative estimate of drug-likeness (QED) is 0.770. The summed E-state index contributed by atoms with van der Waals surface area (Å²) in [6.07, 6.45) is 1.31. The number of pyridine rings is 1. The Kier molecular flexibility index (Phi) is 3.89. The first-order chi connectivity index (χ1) is 8.27. The van der Waals surface area contributed by atoms with Crippen LogP contribution in [0, 0.1) is 0 Å². The van der Waals surface area contributed by atoms with Crippen LogP contribution in [0.1, 0.15) is 10.5 Å². The number of aromatic hydroxyl groups is 1. The van der Waals surface area contributed by atoms with Gasteiger partial charge in [-0.3, -0.25) is 4.79 Å². The van der Waals surface area contributed by atoms with E-state index in [0.717, 1.165) is 0 Å². The summed E-state index contributed by atoms with van der Waals surface area (Å²) in [5.74, 6) is -0.553. The van der Waals surface area contributed by atoms with Gasteiger partial charge in [0.15, 0.2) is 5.69 Å². The third kappa shape index (κ3) is 3.15. The smallest absolute Gasteiger partial charge is 0.273 e. The molecule has 0 bridgehead atoms. The topological polar surface area (TPSA) is 80.7 Å². The van der Waals surface area contributed by atoms with Crippen LogP contribution in [0.15, 0.2) is 18.3 Å². The molecule has 2 N–H and O–H groups in total. The summed E-state index contributed by atoms with van der Waals surface area (Å²) in [5.41, 5.74) is 0.0178. The standard InChI is InChI=1S/C11H14N2O4/c14-9-2-1-3-12-10(9)11(15)13-6-8-7-16-4-5-17-8/h1-3,8,14H,4-7H2,(H,13,15). The number of ether oxygens (including phenoxy) is 2. The summed E-state index contributed by atoms with van der Waals surface area (Å²) in [6, 6.07) is 2.98. The van der Waals surface area contributed by atoms with Crippen molar-refractivity contribution < 1.29 is 19.4 Å². The summed E-state index contributed by atoms with van der Waals surface area (Å²) in [4.78, 5) is 15.5. The van der Waals surface area contributed by atoms with Gasteiger partial charge in [0.25, 0.3) is 5.91 Å². The number of nitrogens with zero attached hydrogens (tertiary/aromatic N) is 1. The largest absolute Gasteiger partial charge is 0.505 e. The van der Waals surface area contributed by atoms with Gasteiger partial charge < -0.3 is 19.9 Å². The van der Waals surface area contributed by atoms with Crippen molar-refractivity contribution in [3.63, 3.8) is 0 Å². The summed E-state index contributed by atoms with van der Waals surface area (Å²) < 4.78 is 10.6. The number of rotatable bonds is 3. The minimum absolute atomic E-state index is 0.0178. The van der Waals surface area contributed by atoms with Crippen molar-refractivity contribution in [2.24, 2.45) is 0 Å². The zero-order valence-electron chi connectivity index (χ0n) is 9.26. The van der Waals surface area contributed by atoms with Gasteiger partial charge in [0, 0.05) is 12.7 Å². The SMILES string of the molecule is O=C(NCC1COCCO1)c1ncccc1O. The minimum Gasteiger partial charge on any atom is -0.505 e. The predicted octanol–water partition coefficient (Wildman–Crippen LogP) is -0.0676. The van der Waals surface area contributed by atoms with Gasteiger partial charge in [0.05, 0.1) is 25.9 Å². The lowest BCUT2D eigenvalue weighted by atomic mass is 10.3. The highest BCUT2D eigenvalue weighted by Gasteiger charge is 2.17. The molecule has 2 heterocycles. The highest BCUT2D eigenvalue weighted by Crippen LogP contribution is 2.12. The van der Waals surface area contributed by atoms with Crippen molar-refractivity contribution in [3.8, 4) is 5.75 Å². The van der Waals surface area contributed by atoms with Gasteiger partial charge in [0.1, 0.15) is 5.75 Å². The molecule has 1 aliphatic rings. The monoisotopic (exact) mass is 238 g/mol. The second-order valence-corrected chi connectivity index (χ2v) is 3.65. The lowest BCUT2D eigenvalue weighted by Gasteiger charge is -2.22. The fourth-order valence-corrected chi connectivity index (χ4v) is 1.52. The molecule has 1 atom stereocenters. The Labute approximate surface area is 98.6 Å². The molecule has 6 nitrogen and oxygen atoms in total. The fraction of sp³-hybridized carbons (Fsp3) is 0.455. The zero-order valence-corrected chi connectivity index (χ0v) is 9.26. The number of amides is 1. The Morgan fingerprint density at radius 1 is 1.59 bits per heavy atom. The number of nitrogens with one attached hydrogen (secondary N) is 1. The van der Waals surface area contributed by atoms with Gasteiger partial charge in [-0.25, -0.2) is 4.98 Å². The fourth-order valence-electron chi connectivity index (χ4n) is 1.52. The number of aromatic nitrogens is 1. The Balaban J connectivity index is 1.87. The van der Waals surface area contributed by atoms with Gasteiger partial charge in [0.2, 0.25) is 0 Å². The summed E-state index contributed by atoms with van der Waals surface area (Å²) in [7, 11) is 0. The molecule has 1 saturated heterocycles. The van der Waals surface area contributed by atoms with Gasteiger partial charge in [-0.15, -0.1) is 0 Å². The zero-order chi connectivity index (χ0) is 12.1. The van der Waals surface area contributed by atoms with Crippen LogP contribution in [0.5, 0.6) is 5.75 Å². The van der Waals surface area contributed by atoms with E-state index in [4.69, 9.17) is 9.47 Å². The minimum atomic E-state index is -0.419. The lowest BCUT2D eigenvalue weighted by molar-refractivity contribution is -0.0855. The molecule has 0 aliphatic carbocycles. The molecule has 0 spiro atoms. The molecule has 1 unspecified atom stereocenters. The number of hydrogen-bond acceptors (Lipinski definition) is 5. The van der Waals surface area contributed by atoms with Crippen molar-refractivity contribution in [1.29, 1.82) is 0 Å². The maximum absolute atomic E-state index is 11.7. The summed E-state index contributed by atoms with van der Waals surface area (Å²) in [5, 5.41) is 12.1. The summed E-state index contributed by atoms with van der Waals surface area (Å²) in [6.45, 7) is 1.93. The van der Waals surface area contributed by atoms with Crippen LogP contribution in [0.4, 0.5) is 0 Å². The van der Waals surface area contributed by atoms with Crippen LogP contribution in [0.3, 0.4) is 0 Å². The van der Waals surface area contributed by atoms with E-state index >= 15 is 0 Å². The lowest BCUT2D eigenvalue weighted by Crippen LogP contribution is -2.39. The van der Waals surface area contributed by atoms with Crippen LogP contribution in [-0.4, -0.2) is 48.5 Å². The van der Waals surface area contributed by atoms with Crippen molar-refractivity contribution in [2.45, 2.75) is 6.10 Å². The Morgan fingerprint density at radius 2 is 2.47 bits per heavy atom.